The third-order valence-corrected chi connectivity index (χ3v) is 5.79. The highest BCUT2D eigenvalue weighted by molar-refractivity contribution is 5.75. The molecule has 1 aromatic carbocycles. The SMILES string of the molecule is CCCC[C@@H](CC)N1CCCC(/C(C)=C(\C)c2ccc(C#N)cc2O)=C1N. The minimum atomic E-state index is 0.145. The number of aromatic hydroxyl groups is 1. The molecule has 1 aliphatic heterocycles. The Morgan fingerprint density at radius 3 is 2.63 bits per heavy atom. The summed E-state index contributed by atoms with van der Waals surface area (Å²) in [6.45, 7) is 9.60. The van der Waals surface area contributed by atoms with Gasteiger partial charge in [0.15, 0.2) is 0 Å². The van der Waals surface area contributed by atoms with Gasteiger partial charge in [0.25, 0.3) is 0 Å². The molecule has 0 unspecified atom stereocenters. The predicted molar refractivity (Wildman–Crippen MR) is 112 cm³/mol. The first-order valence-electron chi connectivity index (χ1n) is 10.1. The molecule has 0 radical (unpaired) electrons. The Kier molecular flexibility index (Phi) is 7.36. The molecular weight excluding hydrogens is 334 g/mol. The van der Waals surface area contributed by atoms with Gasteiger partial charge in [-0.2, -0.15) is 5.26 Å². The molecule has 146 valence electrons. The molecule has 0 bridgehead atoms. The minimum Gasteiger partial charge on any atom is -0.507 e. The van der Waals surface area contributed by atoms with Gasteiger partial charge in [0.1, 0.15) is 11.6 Å². The van der Waals surface area contributed by atoms with E-state index in [1.165, 1.54) is 30.9 Å². The minimum absolute atomic E-state index is 0.145. The number of rotatable bonds is 7. The number of nitrogens with two attached hydrogens (primary N) is 1. The van der Waals surface area contributed by atoms with Crippen molar-refractivity contribution in [1.29, 1.82) is 5.26 Å². The molecule has 4 nitrogen and oxygen atoms in total. The maximum atomic E-state index is 10.3. The summed E-state index contributed by atoms with van der Waals surface area (Å²) in [5.74, 6) is 1.04. The van der Waals surface area contributed by atoms with E-state index >= 15 is 0 Å². The molecule has 1 aliphatic rings. The third kappa shape index (κ3) is 4.66. The lowest BCUT2D eigenvalue weighted by atomic mass is 9.90. The Labute approximate surface area is 164 Å². The average Bonchev–Trinajstić information content (AvgIpc) is 2.68. The van der Waals surface area contributed by atoms with Gasteiger partial charge in [0.05, 0.1) is 11.6 Å². The Balaban J connectivity index is 2.40. The monoisotopic (exact) mass is 367 g/mol. The first-order chi connectivity index (χ1) is 12.9. The van der Waals surface area contributed by atoms with Crippen LogP contribution in [-0.2, 0) is 0 Å². The molecule has 0 saturated carbocycles. The van der Waals surface area contributed by atoms with E-state index in [4.69, 9.17) is 11.0 Å². The van der Waals surface area contributed by atoms with Crippen molar-refractivity contribution in [2.75, 3.05) is 6.54 Å². The highest BCUT2D eigenvalue weighted by Gasteiger charge is 2.25. The second-order valence-corrected chi connectivity index (χ2v) is 7.46. The fourth-order valence-corrected chi connectivity index (χ4v) is 3.97. The zero-order chi connectivity index (χ0) is 20.0. The number of allylic oxidation sites excluding steroid dienone is 3. The fourth-order valence-electron chi connectivity index (χ4n) is 3.97. The van der Waals surface area contributed by atoms with Crippen LogP contribution in [0.4, 0.5) is 0 Å². The molecule has 2 rings (SSSR count). The second kappa shape index (κ2) is 9.50. The number of phenolic OH excluding ortho intramolecular Hbond substituents is 1. The molecule has 0 fully saturated rings. The Bertz CT molecular complexity index is 770. The third-order valence-electron chi connectivity index (χ3n) is 5.79. The number of unbranched alkanes of at least 4 members (excludes halogenated alkanes) is 1. The first-order valence-corrected chi connectivity index (χ1v) is 10.1. The van der Waals surface area contributed by atoms with E-state index in [1.807, 2.05) is 13.0 Å². The number of benzene rings is 1. The van der Waals surface area contributed by atoms with Crippen molar-refractivity contribution in [3.8, 4) is 11.8 Å². The van der Waals surface area contributed by atoms with Gasteiger partial charge in [-0.1, -0.05) is 26.7 Å². The van der Waals surface area contributed by atoms with Crippen LogP contribution in [0, 0.1) is 11.3 Å². The Hall–Kier alpha value is -2.41. The van der Waals surface area contributed by atoms with E-state index in [0.717, 1.165) is 48.3 Å². The van der Waals surface area contributed by atoms with Crippen molar-refractivity contribution >= 4 is 5.57 Å². The van der Waals surface area contributed by atoms with Crippen LogP contribution in [0.2, 0.25) is 0 Å². The molecule has 4 heteroatoms. The topological polar surface area (TPSA) is 73.3 Å². The van der Waals surface area contributed by atoms with Crippen LogP contribution >= 0.6 is 0 Å². The normalized spacial score (nSPS) is 16.8. The fraction of sp³-hybridized carbons (Fsp3) is 0.522. The predicted octanol–water partition coefficient (Wildman–Crippen LogP) is 5.29. The summed E-state index contributed by atoms with van der Waals surface area (Å²) in [4.78, 5) is 2.39. The molecule has 1 heterocycles. The quantitative estimate of drug-likeness (QED) is 0.686. The number of nitrogens with zero attached hydrogens (tertiary/aromatic N) is 2. The smallest absolute Gasteiger partial charge is 0.124 e. The maximum Gasteiger partial charge on any atom is 0.124 e. The van der Waals surface area contributed by atoms with Crippen LogP contribution < -0.4 is 5.73 Å². The lowest BCUT2D eigenvalue weighted by molar-refractivity contribution is 0.211. The molecule has 27 heavy (non-hydrogen) atoms. The molecular formula is C23H33N3O. The van der Waals surface area contributed by atoms with Crippen molar-refractivity contribution in [1.82, 2.24) is 4.90 Å². The summed E-state index contributed by atoms with van der Waals surface area (Å²) >= 11 is 0. The van der Waals surface area contributed by atoms with E-state index in [9.17, 15) is 5.11 Å². The van der Waals surface area contributed by atoms with Crippen LogP contribution in [0.5, 0.6) is 5.75 Å². The largest absolute Gasteiger partial charge is 0.507 e. The van der Waals surface area contributed by atoms with Crippen molar-refractivity contribution in [3.05, 3.63) is 46.3 Å². The zero-order valence-corrected chi connectivity index (χ0v) is 17.2. The van der Waals surface area contributed by atoms with Gasteiger partial charge in [0.2, 0.25) is 0 Å². The summed E-state index contributed by atoms with van der Waals surface area (Å²) < 4.78 is 0. The highest BCUT2D eigenvalue weighted by Crippen LogP contribution is 2.35. The lowest BCUT2D eigenvalue weighted by Crippen LogP contribution is -2.41. The van der Waals surface area contributed by atoms with Crippen molar-refractivity contribution in [2.24, 2.45) is 5.73 Å². The van der Waals surface area contributed by atoms with E-state index in [1.54, 1.807) is 6.07 Å². The first kappa shape index (κ1) is 20.9. The molecule has 0 amide bonds. The molecule has 0 spiro atoms. The number of hydrogen-bond acceptors (Lipinski definition) is 4. The number of hydrogen-bond donors (Lipinski definition) is 2. The van der Waals surface area contributed by atoms with Gasteiger partial charge in [0, 0.05) is 18.2 Å². The van der Waals surface area contributed by atoms with Gasteiger partial charge < -0.3 is 15.7 Å². The van der Waals surface area contributed by atoms with Gasteiger partial charge in [-0.25, -0.2) is 0 Å². The highest BCUT2D eigenvalue weighted by atomic mass is 16.3. The van der Waals surface area contributed by atoms with Gasteiger partial charge >= 0.3 is 0 Å². The van der Waals surface area contributed by atoms with Gasteiger partial charge in [-0.3, -0.25) is 0 Å². The van der Waals surface area contributed by atoms with Crippen LogP contribution in [0.3, 0.4) is 0 Å². The van der Waals surface area contributed by atoms with Crippen LogP contribution in [0.15, 0.2) is 35.2 Å². The molecule has 0 saturated heterocycles. The van der Waals surface area contributed by atoms with Crippen LogP contribution in [-0.4, -0.2) is 22.6 Å². The molecule has 0 aliphatic carbocycles. The van der Waals surface area contributed by atoms with E-state index in [2.05, 4.69) is 31.7 Å². The van der Waals surface area contributed by atoms with E-state index in [-0.39, 0.29) is 5.75 Å². The molecule has 0 aromatic heterocycles. The van der Waals surface area contributed by atoms with Gasteiger partial charge in [-0.15, -0.1) is 0 Å². The second-order valence-electron chi connectivity index (χ2n) is 7.46. The van der Waals surface area contributed by atoms with Crippen LogP contribution in [0.25, 0.3) is 5.57 Å². The van der Waals surface area contributed by atoms with Crippen molar-refractivity contribution in [2.45, 2.75) is 72.3 Å². The average molecular weight is 368 g/mol. The summed E-state index contributed by atoms with van der Waals surface area (Å²) in [5, 5.41) is 19.3. The summed E-state index contributed by atoms with van der Waals surface area (Å²) in [7, 11) is 0. The summed E-state index contributed by atoms with van der Waals surface area (Å²) in [5.41, 5.74) is 11.2. The van der Waals surface area contributed by atoms with Gasteiger partial charge in [-0.05, 0) is 74.4 Å². The van der Waals surface area contributed by atoms with Crippen LogP contribution in [0.1, 0.15) is 77.3 Å². The summed E-state index contributed by atoms with van der Waals surface area (Å²) in [6, 6.07) is 7.65. The number of nitriles is 1. The van der Waals surface area contributed by atoms with Crippen molar-refractivity contribution in [3.63, 3.8) is 0 Å². The maximum absolute atomic E-state index is 10.3. The zero-order valence-electron chi connectivity index (χ0n) is 17.2. The number of phenols is 1. The van der Waals surface area contributed by atoms with Crippen molar-refractivity contribution < 1.29 is 5.11 Å². The van der Waals surface area contributed by atoms with E-state index in [0.29, 0.717) is 11.6 Å². The lowest BCUT2D eigenvalue weighted by Gasteiger charge is -2.38. The summed E-state index contributed by atoms with van der Waals surface area (Å²) in [6.07, 6.45) is 6.78. The Morgan fingerprint density at radius 1 is 1.30 bits per heavy atom. The molecule has 1 aromatic rings. The Morgan fingerprint density at radius 2 is 2.04 bits per heavy atom. The molecule has 1 atom stereocenters. The van der Waals surface area contributed by atoms with E-state index < -0.39 is 0 Å². The standard InChI is InChI=1S/C23H33N3O/c1-5-7-9-19(6-2)26-13-8-10-21(23(26)25)17(4)16(3)20-12-11-18(15-24)14-22(20)27/h11-12,14,19,27H,5-10,13,25H2,1-4H3/b17-16+/t19-/m1/s1. The molecule has 3 N–H and O–H groups in total.